The third-order valence-electron chi connectivity index (χ3n) is 5.98. The predicted octanol–water partition coefficient (Wildman–Crippen LogP) is 2.54. The molecule has 0 amide bonds. The minimum Gasteiger partial charge on any atom is -0.384 e. The lowest BCUT2D eigenvalue weighted by Crippen LogP contribution is -2.66. The Kier molecular flexibility index (Phi) is 3.87. The van der Waals surface area contributed by atoms with Gasteiger partial charge in [0, 0.05) is 18.9 Å². The van der Waals surface area contributed by atoms with Crippen molar-refractivity contribution < 1.29 is 19.3 Å². The van der Waals surface area contributed by atoms with Crippen molar-refractivity contribution in [1.82, 2.24) is 0 Å². The van der Waals surface area contributed by atoms with Gasteiger partial charge in [0.1, 0.15) is 5.60 Å². The normalized spacial score (nSPS) is 56.0. The Morgan fingerprint density at radius 1 is 1.00 bits per heavy atom. The molecule has 0 radical (unpaired) electrons. The second-order valence-corrected chi connectivity index (χ2v) is 7.11. The lowest BCUT2D eigenvalue weighted by atomic mass is 9.58. The summed E-state index contributed by atoms with van der Waals surface area (Å²) >= 11 is 0. The van der Waals surface area contributed by atoms with Gasteiger partial charge in [-0.15, -0.1) is 0 Å². The summed E-state index contributed by atoms with van der Waals surface area (Å²) in [5.74, 6) is 1.21. The van der Waals surface area contributed by atoms with Gasteiger partial charge in [-0.25, -0.2) is 0 Å². The molecule has 1 N–H and O–H groups in total. The predicted molar refractivity (Wildman–Crippen MR) is 74.9 cm³/mol. The minimum atomic E-state index is -0.850. The van der Waals surface area contributed by atoms with Crippen molar-refractivity contribution in [2.45, 2.75) is 70.7 Å². The summed E-state index contributed by atoms with van der Waals surface area (Å²) in [6.45, 7) is 6.47. The second-order valence-electron chi connectivity index (χ2n) is 7.11. The Morgan fingerprint density at radius 3 is 2.40 bits per heavy atom. The maximum Gasteiger partial charge on any atom is 0.190 e. The van der Waals surface area contributed by atoms with Crippen LogP contribution in [0.25, 0.3) is 0 Å². The van der Waals surface area contributed by atoms with Gasteiger partial charge in [-0.2, -0.15) is 0 Å². The van der Waals surface area contributed by atoms with Crippen LogP contribution in [0.3, 0.4) is 0 Å². The van der Waals surface area contributed by atoms with E-state index in [1.807, 2.05) is 0 Å². The van der Waals surface area contributed by atoms with E-state index in [0.717, 1.165) is 19.3 Å². The average Bonchev–Trinajstić information content (AvgIpc) is 2.53. The molecule has 0 bridgehead atoms. The molecule has 0 aromatic carbocycles. The molecule has 1 saturated carbocycles. The number of rotatable bonds is 1. The quantitative estimate of drug-likeness (QED) is 0.804. The summed E-state index contributed by atoms with van der Waals surface area (Å²) in [7, 11) is 1.68. The van der Waals surface area contributed by atoms with Crippen LogP contribution in [0.1, 0.15) is 46.5 Å². The summed E-state index contributed by atoms with van der Waals surface area (Å²) < 4.78 is 17.5. The van der Waals surface area contributed by atoms with Crippen LogP contribution in [0, 0.1) is 23.7 Å². The van der Waals surface area contributed by atoms with Crippen molar-refractivity contribution in [3.05, 3.63) is 0 Å². The van der Waals surface area contributed by atoms with Gasteiger partial charge in [-0.1, -0.05) is 13.8 Å². The molecule has 2 saturated heterocycles. The Bertz CT molecular complexity index is 360. The smallest absolute Gasteiger partial charge is 0.190 e. The number of hydrogen-bond acceptors (Lipinski definition) is 4. The molecule has 116 valence electrons. The van der Waals surface area contributed by atoms with Gasteiger partial charge < -0.3 is 19.3 Å². The maximum atomic E-state index is 11.5. The zero-order valence-electron chi connectivity index (χ0n) is 13.0. The fraction of sp³-hybridized carbons (Fsp3) is 1.00. The molecular weight excluding hydrogens is 256 g/mol. The molecule has 2 heterocycles. The van der Waals surface area contributed by atoms with Gasteiger partial charge in [-0.05, 0) is 44.4 Å². The highest BCUT2D eigenvalue weighted by Gasteiger charge is 2.62. The molecular formula is C16H28O4. The first-order valence-electron chi connectivity index (χ1n) is 8.04. The third kappa shape index (κ3) is 2.04. The lowest BCUT2D eigenvalue weighted by molar-refractivity contribution is -0.378. The van der Waals surface area contributed by atoms with E-state index in [9.17, 15) is 5.11 Å². The first kappa shape index (κ1) is 14.8. The maximum absolute atomic E-state index is 11.5. The number of aliphatic hydroxyl groups is 1. The van der Waals surface area contributed by atoms with Crippen LogP contribution in [0.4, 0.5) is 0 Å². The Morgan fingerprint density at radius 2 is 1.70 bits per heavy atom. The van der Waals surface area contributed by atoms with Crippen molar-refractivity contribution in [2.75, 3.05) is 7.11 Å². The van der Waals surface area contributed by atoms with E-state index in [1.54, 1.807) is 7.11 Å². The van der Waals surface area contributed by atoms with E-state index in [0.29, 0.717) is 5.92 Å². The molecule has 3 fully saturated rings. The number of ether oxygens (including phenoxy) is 3. The van der Waals surface area contributed by atoms with Crippen LogP contribution in [0.2, 0.25) is 0 Å². The highest BCUT2D eigenvalue weighted by molar-refractivity contribution is 5.06. The molecule has 0 aromatic heterocycles. The molecule has 0 aromatic rings. The van der Waals surface area contributed by atoms with E-state index < -0.39 is 11.9 Å². The largest absolute Gasteiger partial charge is 0.384 e. The molecule has 0 spiro atoms. The van der Waals surface area contributed by atoms with Gasteiger partial charge in [0.25, 0.3) is 0 Å². The summed E-state index contributed by atoms with van der Waals surface area (Å²) in [6, 6.07) is 0. The van der Waals surface area contributed by atoms with Crippen molar-refractivity contribution >= 4 is 0 Å². The topological polar surface area (TPSA) is 47.9 Å². The van der Waals surface area contributed by atoms with Crippen molar-refractivity contribution in [3.8, 4) is 0 Å². The van der Waals surface area contributed by atoms with E-state index in [1.165, 1.54) is 6.42 Å². The molecule has 4 nitrogen and oxygen atoms in total. The number of methoxy groups -OCH3 is 1. The minimum absolute atomic E-state index is 0.133. The van der Waals surface area contributed by atoms with Gasteiger partial charge in [0.15, 0.2) is 12.6 Å². The molecule has 1 aliphatic carbocycles. The van der Waals surface area contributed by atoms with E-state index >= 15 is 0 Å². The standard InChI is InChI=1S/C16H28O4/c1-9-5-7-13-11(3)14(18-4)20-15-16(13,17)12(9)8-6-10(2)19-15/h9-15,17H,5-8H2,1-4H3/t9-,10?,11?,12?,13+,14?,15+,16-/m1/s1. The molecule has 3 rings (SSSR count). The highest BCUT2D eigenvalue weighted by Crippen LogP contribution is 2.54. The molecule has 3 aliphatic rings. The van der Waals surface area contributed by atoms with E-state index in [4.69, 9.17) is 14.2 Å². The van der Waals surface area contributed by atoms with Crippen LogP contribution in [0.15, 0.2) is 0 Å². The fourth-order valence-electron chi connectivity index (χ4n) is 4.80. The Balaban J connectivity index is 1.99. The average molecular weight is 284 g/mol. The number of hydrogen-bond donors (Lipinski definition) is 1. The first-order valence-corrected chi connectivity index (χ1v) is 8.04. The zero-order valence-corrected chi connectivity index (χ0v) is 13.0. The van der Waals surface area contributed by atoms with Gasteiger partial charge in [0.2, 0.25) is 0 Å². The van der Waals surface area contributed by atoms with Gasteiger partial charge >= 0.3 is 0 Å². The Labute approximate surface area is 121 Å². The molecule has 20 heavy (non-hydrogen) atoms. The van der Waals surface area contributed by atoms with Crippen LogP contribution in [0.5, 0.6) is 0 Å². The SMILES string of the molecule is COC1O[C@@H]2OC(C)CCC3[C@H](C)CC[C@@H](C1C)[C@]32O. The molecule has 4 heteroatoms. The van der Waals surface area contributed by atoms with Crippen LogP contribution in [-0.4, -0.2) is 36.5 Å². The van der Waals surface area contributed by atoms with Crippen molar-refractivity contribution in [3.63, 3.8) is 0 Å². The third-order valence-corrected chi connectivity index (χ3v) is 5.98. The van der Waals surface area contributed by atoms with Crippen LogP contribution < -0.4 is 0 Å². The first-order chi connectivity index (χ1) is 9.48. The fourth-order valence-corrected chi connectivity index (χ4v) is 4.80. The summed E-state index contributed by atoms with van der Waals surface area (Å²) in [6.07, 6.45) is 3.55. The lowest BCUT2D eigenvalue weighted by Gasteiger charge is -2.57. The summed E-state index contributed by atoms with van der Waals surface area (Å²) in [5.41, 5.74) is -0.850. The zero-order chi connectivity index (χ0) is 14.5. The van der Waals surface area contributed by atoms with Crippen molar-refractivity contribution in [1.29, 1.82) is 0 Å². The van der Waals surface area contributed by atoms with Gasteiger partial charge in [0.05, 0.1) is 6.10 Å². The molecule has 8 atom stereocenters. The molecule has 2 aliphatic heterocycles. The summed E-state index contributed by atoms with van der Waals surface area (Å²) in [5, 5.41) is 11.5. The van der Waals surface area contributed by atoms with Crippen LogP contribution >= 0.6 is 0 Å². The van der Waals surface area contributed by atoms with Crippen LogP contribution in [-0.2, 0) is 14.2 Å². The van der Waals surface area contributed by atoms with E-state index in [-0.39, 0.29) is 30.1 Å². The van der Waals surface area contributed by atoms with Gasteiger partial charge in [-0.3, -0.25) is 0 Å². The second kappa shape index (κ2) is 5.24. The monoisotopic (exact) mass is 284 g/mol. The van der Waals surface area contributed by atoms with E-state index in [2.05, 4.69) is 20.8 Å². The Hall–Kier alpha value is -0.160. The molecule has 4 unspecified atom stereocenters. The highest BCUT2D eigenvalue weighted by atomic mass is 16.8. The van der Waals surface area contributed by atoms with Crippen molar-refractivity contribution in [2.24, 2.45) is 23.7 Å². The summed E-state index contributed by atoms with van der Waals surface area (Å²) in [4.78, 5) is 0.